The summed E-state index contributed by atoms with van der Waals surface area (Å²) in [7, 11) is 0. The highest BCUT2D eigenvalue weighted by Gasteiger charge is 2.46. The zero-order valence-corrected chi connectivity index (χ0v) is 13.4. The van der Waals surface area contributed by atoms with Gasteiger partial charge in [0.05, 0.1) is 10.0 Å². The van der Waals surface area contributed by atoms with Crippen molar-refractivity contribution in [3.05, 3.63) is 16.9 Å². The average molecular weight is 344 g/mol. The van der Waals surface area contributed by atoms with Crippen LogP contribution in [0, 0.1) is 0 Å². The minimum Gasteiger partial charge on any atom is -0.461 e. The molecular weight excluding hydrogens is 326 g/mol. The Morgan fingerprint density at radius 2 is 2.00 bits per heavy atom. The Morgan fingerprint density at radius 3 is 2.50 bits per heavy atom. The highest BCUT2D eigenvalue weighted by Crippen LogP contribution is 2.35. The number of carbonyl (C=O) groups is 1. The Morgan fingerprint density at radius 1 is 1.40 bits per heavy atom. The Labute approximate surface area is 126 Å². The van der Waals surface area contributed by atoms with Gasteiger partial charge < -0.3 is 14.8 Å². The van der Waals surface area contributed by atoms with E-state index in [1.807, 2.05) is 20.8 Å². The van der Waals surface area contributed by atoms with Crippen LogP contribution in [-0.2, 0) is 4.74 Å². The second-order valence-corrected chi connectivity index (χ2v) is 6.80. The number of alkyl carbamates (subject to hydrolysis) is 1. The summed E-state index contributed by atoms with van der Waals surface area (Å²) in [6.07, 6.45) is 4.54. The molecule has 0 unspecified atom stereocenters. The molecule has 1 fully saturated rings. The van der Waals surface area contributed by atoms with E-state index in [-0.39, 0.29) is 5.54 Å². The van der Waals surface area contributed by atoms with Gasteiger partial charge in [0, 0.05) is 12.4 Å². The van der Waals surface area contributed by atoms with Crippen LogP contribution in [0.5, 0.6) is 6.01 Å². The minimum absolute atomic E-state index is 0.297. The van der Waals surface area contributed by atoms with Gasteiger partial charge >= 0.3 is 12.1 Å². The maximum atomic E-state index is 11.7. The summed E-state index contributed by atoms with van der Waals surface area (Å²) in [6, 6.07) is 0.297. The Bertz CT molecular complexity index is 481. The van der Waals surface area contributed by atoms with Gasteiger partial charge in [-0.05, 0) is 49.5 Å². The lowest BCUT2D eigenvalue weighted by atomic mass is 10.2. The number of halogens is 1. The molecule has 1 aliphatic carbocycles. The van der Waals surface area contributed by atoms with Crippen molar-refractivity contribution >= 4 is 22.0 Å². The minimum atomic E-state index is -0.504. The summed E-state index contributed by atoms with van der Waals surface area (Å²) in [4.78, 5) is 19.8. The van der Waals surface area contributed by atoms with Gasteiger partial charge in [-0.1, -0.05) is 0 Å². The van der Waals surface area contributed by atoms with Gasteiger partial charge in [0.1, 0.15) is 12.2 Å². The Hall–Kier alpha value is -1.37. The van der Waals surface area contributed by atoms with Crippen LogP contribution in [0.4, 0.5) is 4.79 Å². The van der Waals surface area contributed by atoms with Crippen molar-refractivity contribution in [2.75, 3.05) is 6.61 Å². The van der Waals surface area contributed by atoms with Crippen LogP contribution in [0.1, 0.15) is 33.6 Å². The number of nitrogens with one attached hydrogen (secondary N) is 1. The number of nitrogens with zero attached hydrogens (tertiary/aromatic N) is 2. The Balaban J connectivity index is 1.83. The third-order valence-corrected chi connectivity index (χ3v) is 3.10. The summed E-state index contributed by atoms with van der Waals surface area (Å²) in [5.41, 5.74) is -0.853. The molecule has 1 aromatic heterocycles. The first-order valence-corrected chi connectivity index (χ1v) is 7.19. The van der Waals surface area contributed by atoms with E-state index in [0.717, 1.165) is 17.3 Å². The van der Waals surface area contributed by atoms with E-state index >= 15 is 0 Å². The van der Waals surface area contributed by atoms with E-state index in [9.17, 15) is 4.79 Å². The van der Waals surface area contributed by atoms with Crippen LogP contribution in [0.2, 0.25) is 0 Å². The molecule has 7 heteroatoms. The second kappa shape index (κ2) is 5.55. The lowest BCUT2D eigenvalue weighted by molar-refractivity contribution is 0.0475. The fourth-order valence-corrected chi connectivity index (χ4v) is 1.76. The molecule has 0 atom stereocenters. The fourth-order valence-electron chi connectivity index (χ4n) is 1.55. The average Bonchev–Trinajstić information content (AvgIpc) is 3.06. The van der Waals surface area contributed by atoms with E-state index in [0.29, 0.717) is 12.6 Å². The SMILES string of the molecule is CC(C)(C)OC(=O)NC1(COc2ncc(Br)cn2)CC1. The smallest absolute Gasteiger partial charge is 0.408 e. The number of rotatable bonds is 4. The highest BCUT2D eigenvalue weighted by molar-refractivity contribution is 9.10. The molecule has 2 rings (SSSR count). The number of carbonyl (C=O) groups excluding carboxylic acids is 1. The number of ether oxygens (including phenoxy) is 2. The molecule has 0 spiro atoms. The predicted molar refractivity (Wildman–Crippen MR) is 76.6 cm³/mol. The monoisotopic (exact) mass is 343 g/mol. The number of hydrogen-bond donors (Lipinski definition) is 1. The van der Waals surface area contributed by atoms with Crippen LogP contribution in [0.25, 0.3) is 0 Å². The molecule has 20 heavy (non-hydrogen) atoms. The topological polar surface area (TPSA) is 73.3 Å². The van der Waals surface area contributed by atoms with Crippen molar-refractivity contribution in [3.63, 3.8) is 0 Å². The standard InChI is InChI=1S/C13H18BrN3O3/c1-12(2,3)20-11(18)17-13(4-5-13)8-19-10-15-6-9(14)7-16-10/h6-7H,4-5,8H2,1-3H3,(H,17,18). The van der Waals surface area contributed by atoms with Gasteiger partial charge in [-0.2, -0.15) is 0 Å². The molecule has 1 saturated carbocycles. The molecule has 110 valence electrons. The summed E-state index contributed by atoms with van der Waals surface area (Å²) >= 11 is 3.25. The van der Waals surface area contributed by atoms with E-state index < -0.39 is 11.7 Å². The second-order valence-electron chi connectivity index (χ2n) is 5.88. The normalized spacial score (nSPS) is 16.4. The van der Waals surface area contributed by atoms with Gasteiger partial charge in [-0.3, -0.25) is 0 Å². The molecule has 1 N–H and O–H groups in total. The van der Waals surface area contributed by atoms with Crippen molar-refractivity contribution in [1.82, 2.24) is 15.3 Å². The van der Waals surface area contributed by atoms with Gasteiger partial charge in [0.25, 0.3) is 0 Å². The zero-order chi connectivity index (χ0) is 14.8. The molecule has 0 radical (unpaired) electrons. The molecule has 1 heterocycles. The van der Waals surface area contributed by atoms with Crippen molar-refractivity contribution in [3.8, 4) is 6.01 Å². The van der Waals surface area contributed by atoms with Gasteiger partial charge in [0.15, 0.2) is 0 Å². The molecule has 0 saturated heterocycles. The molecule has 1 aliphatic rings. The number of aromatic nitrogens is 2. The van der Waals surface area contributed by atoms with Gasteiger partial charge in [-0.15, -0.1) is 0 Å². The van der Waals surface area contributed by atoms with E-state index in [1.54, 1.807) is 12.4 Å². The van der Waals surface area contributed by atoms with Crippen molar-refractivity contribution < 1.29 is 14.3 Å². The summed E-state index contributed by atoms with van der Waals surface area (Å²) < 4.78 is 11.5. The first kappa shape index (κ1) is 15.0. The van der Waals surface area contributed by atoms with Crippen molar-refractivity contribution in [2.24, 2.45) is 0 Å². The first-order chi connectivity index (χ1) is 9.28. The predicted octanol–water partition coefficient (Wildman–Crippen LogP) is 2.68. The Kier molecular flexibility index (Phi) is 4.17. The third-order valence-electron chi connectivity index (χ3n) is 2.69. The lowest BCUT2D eigenvalue weighted by Crippen LogP contribution is -2.44. The van der Waals surface area contributed by atoms with Gasteiger partial charge in [-0.25, -0.2) is 14.8 Å². The molecule has 0 aromatic carbocycles. The summed E-state index contributed by atoms with van der Waals surface area (Å²) in [6.45, 7) is 5.84. The lowest BCUT2D eigenvalue weighted by Gasteiger charge is -2.23. The molecular formula is C13H18BrN3O3. The third kappa shape index (κ3) is 4.63. The quantitative estimate of drug-likeness (QED) is 0.909. The van der Waals surface area contributed by atoms with Crippen LogP contribution in [-0.4, -0.2) is 33.8 Å². The molecule has 1 aromatic rings. The van der Waals surface area contributed by atoms with E-state index in [2.05, 4.69) is 31.2 Å². The van der Waals surface area contributed by atoms with Crippen LogP contribution in [0.3, 0.4) is 0 Å². The molecule has 6 nitrogen and oxygen atoms in total. The van der Waals surface area contributed by atoms with E-state index in [1.165, 1.54) is 0 Å². The van der Waals surface area contributed by atoms with Crippen LogP contribution < -0.4 is 10.1 Å². The summed E-state index contributed by atoms with van der Waals surface area (Å²) in [5.74, 6) is 0. The molecule has 0 bridgehead atoms. The molecule has 0 aliphatic heterocycles. The highest BCUT2D eigenvalue weighted by atomic mass is 79.9. The molecule has 1 amide bonds. The summed E-state index contributed by atoms with van der Waals surface area (Å²) in [5, 5.41) is 2.85. The van der Waals surface area contributed by atoms with Gasteiger partial charge in [0.2, 0.25) is 0 Å². The largest absolute Gasteiger partial charge is 0.461 e. The number of hydrogen-bond acceptors (Lipinski definition) is 5. The number of amides is 1. The maximum Gasteiger partial charge on any atom is 0.408 e. The maximum absolute atomic E-state index is 11.7. The van der Waals surface area contributed by atoms with Crippen molar-refractivity contribution in [1.29, 1.82) is 0 Å². The van der Waals surface area contributed by atoms with E-state index in [4.69, 9.17) is 9.47 Å². The zero-order valence-electron chi connectivity index (χ0n) is 11.8. The van der Waals surface area contributed by atoms with Crippen molar-refractivity contribution in [2.45, 2.75) is 44.8 Å². The fraction of sp³-hybridized carbons (Fsp3) is 0.615. The van der Waals surface area contributed by atoms with Crippen LogP contribution >= 0.6 is 15.9 Å². The van der Waals surface area contributed by atoms with Crippen LogP contribution in [0.15, 0.2) is 16.9 Å². The first-order valence-electron chi connectivity index (χ1n) is 6.40.